The zero-order valence-corrected chi connectivity index (χ0v) is 11.8. The molecule has 1 aromatic heterocycles. The molecule has 0 aliphatic heterocycles. The monoisotopic (exact) mass is 320 g/mol. The lowest BCUT2D eigenvalue weighted by molar-refractivity contribution is -0.135. The summed E-state index contributed by atoms with van der Waals surface area (Å²) in [6.07, 6.45) is 3.35. The Hall–Kier alpha value is -1.88. The number of carboxylic acids is 1. The maximum absolute atomic E-state index is 10.9. The molecule has 2 aromatic rings. The second-order valence-corrected chi connectivity index (χ2v) is 4.89. The van der Waals surface area contributed by atoms with Crippen LogP contribution < -0.4 is 4.90 Å². The lowest BCUT2D eigenvalue weighted by Gasteiger charge is -2.21. The molecule has 0 radical (unpaired) electrons. The van der Waals surface area contributed by atoms with E-state index < -0.39 is 5.97 Å². The van der Waals surface area contributed by atoms with Crippen LogP contribution in [-0.2, 0) is 4.79 Å². The first kappa shape index (κ1) is 13.5. The first-order valence-corrected chi connectivity index (χ1v) is 6.53. The number of anilines is 1. The number of hydrogen-bond donors (Lipinski definition) is 1. The molecule has 0 aliphatic carbocycles. The Bertz CT molecular complexity index is 628. The highest BCUT2D eigenvalue weighted by molar-refractivity contribution is 9.10. The predicted octanol–water partition coefficient (Wildman–Crippen LogP) is 3.07. The molecule has 0 unspecified atom stereocenters. The molecule has 19 heavy (non-hydrogen) atoms. The summed E-state index contributed by atoms with van der Waals surface area (Å²) >= 11 is 3.49. The number of aliphatic carboxylic acids is 1. The topological polar surface area (TPSA) is 53.4 Å². The molecule has 0 atom stereocenters. The molecule has 2 rings (SSSR count). The first-order valence-electron chi connectivity index (χ1n) is 5.74. The van der Waals surface area contributed by atoms with Crippen LogP contribution in [0.25, 0.3) is 10.8 Å². The second-order valence-electron chi connectivity index (χ2n) is 4.03. The molecule has 1 heterocycles. The minimum atomic E-state index is -0.893. The Morgan fingerprint density at radius 3 is 2.89 bits per heavy atom. The lowest BCUT2D eigenvalue weighted by Crippen LogP contribution is -2.30. The van der Waals surface area contributed by atoms with Gasteiger partial charge in [0.05, 0.1) is 0 Å². The highest BCUT2D eigenvalue weighted by Gasteiger charge is 2.14. The number of fused-ring (bicyclic) bond motifs is 1. The van der Waals surface area contributed by atoms with Crippen molar-refractivity contribution in [1.29, 1.82) is 0 Å². The number of carbonyl (C=O) groups is 1. The largest absolute Gasteiger partial charge is 0.480 e. The number of halogens is 1. The number of pyridine rings is 1. The van der Waals surface area contributed by atoms with E-state index in [1.54, 1.807) is 17.2 Å². The number of aromatic nitrogens is 1. The third-order valence-corrected chi connectivity index (χ3v) is 3.40. The van der Waals surface area contributed by atoms with Gasteiger partial charge in [0.15, 0.2) is 0 Å². The van der Waals surface area contributed by atoms with Crippen molar-refractivity contribution in [2.24, 2.45) is 0 Å². The summed E-state index contributed by atoms with van der Waals surface area (Å²) in [6, 6.07) is 7.68. The van der Waals surface area contributed by atoms with E-state index in [2.05, 4.69) is 27.5 Å². The van der Waals surface area contributed by atoms with Crippen molar-refractivity contribution in [2.75, 3.05) is 18.0 Å². The fourth-order valence-corrected chi connectivity index (χ4v) is 2.45. The zero-order chi connectivity index (χ0) is 13.8. The molecule has 0 fully saturated rings. The molecule has 98 valence electrons. The van der Waals surface area contributed by atoms with Crippen LogP contribution in [0.15, 0.2) is 47.6 Å². The van der Waals surface area contributed by atoms with Crippen LogP contribution in [0.3, 0.4) is 0 Å². The zero-order valence-electron chi connectivity index (χ0n) is 10.2. The normalized spacial score (nSPS) is 10.4. The van der Waals surface area contributed by atoms with E-state index in [0.717, 1.165) is 15.2 Å². The Morgan fingerprint density at radius 2 is 2.21 bits per heavy atom. The fourth-order valence-electron chi connectivity index (χ4n) is 1.95. The van der Waals surface area contributed by atoms with E-state index in [0.29, 0.717) is 12.4 Å². The minimum absolute atomic E-state index is 0.107. The van der Waals surface area contributed by atoms with Crippen molar-refractivity contribution < 1.29 is 9.90 Å². The SMILES string of the molecule is C=CCN(CC(=O)O)c1nccc2c(Br)cccc12. The van der Waals surface area contributed by atoms with E-state index in [1.165, 1.54) is 0 Å². The van der Waals surface area contributed by atoms with Gasteiger partial charge in [0.1, 0.15) is 12.4 Å². The number of benzene rings is 1. The van der Waals surface area contributed by atoms with Crippen molar-refractivity contribution >= 4 is 38.5 Å². The Morgan fingerprint density at radius 1 is 1.42 bits per heavy atom. The van der Waals surface area contributed by atoms with Crippen molar-refractivity contribution in [3.63, 3.8) is 0 Å². The van der Waals surface area contributed by atoms with Crippen LogP contribution >= 0.6 is 15.9 Å². The number of rotatable bonds is 5. The van der Waals surface area contributed by atoms with Gasteiger partial charge in [-0.25, -0.2) is 4.98 Å². The highest BCUT2D eigenvalue weighted by Crippen LogP contribution is 2.29. The molecular weight excluding hydrogens is 308 g/mol. The van der Waals surface area contributed by atoms with Gasteiger partial charge in [-0.15, -0.1) is 6.58 Å². The van der Waals surface area contributed by atoms with Gasteiger partial charge in [0, 0.05) is 28.0 Å². The maximum atomic E-state index is 10.9. The predicted molar refractivity (Wildman–Crippen MR) is 79.5 cm³/mol. The van der Waals surface area contributed by atoms with Gasteiger partial charge in [-0.05, 0) is 12.1 Å². The van der Waals surface area contributed by atoms with Crippen LogP contribution in [0.2, 0.25) is 0 Å². The van der Waals surface area contributed by atoms with Gasteiger partial charge in [-0.2, -0.15) is 0 Å². The van der Waals surface area contributed by atoms with E-state index in [1.807, 2.05) is 24.3 Å². The average Bonchev–Trinajstić information content (AvgIpc) is 2.38. The third-order valence-electron chi connectivity index (χ3n) is 2.71. The Labute approximate surface area is 119 Å². The molecule has 1 aromatic carbocycles. The first-order chi connectivity index (χ1) is 9.13. The van der Waals surface area contributed by atoms with Gasteiger partial charge >= 0.3 is 5.97 Å². The molecule has 0 amide bonds. The summed E-state index contributed by atoms with van der Waals surface area (Å²) in [6.45, 7) is 3.99. The van der Waals surface area contributed by atoms with Crippen LogP contribution in [0.4, 0.5) is 5.82 Å². The van der Waals surface area contributed by atoms with Crippen LogP contribution in [-0.4, -0.2) is 29.1 Å². The second kappa shape index (κ2) is 5.84. The molecule has 4 nitrogen and oxygen atoms in total. The Balaban J connectivity index is 2.55. The van der Waals surface area contributed by atoms with Gasteiger partial charge in [-0.1, -0.05) is 34.1 Å². The summed E-state index contributed by atoms with van der Waals surface area (Å²) in [7, 11) is 0. The molecule has 0 saturated heterocycles. The van der Waals surface area contributed by atoms with Crippen molar-refractivity contribution in [1.82, 2.24) is 4.98 Å². The molecule has 0 saturated carbocycles. The van der Waals surface area contributed by atoms with Crippen LogP contribution in [0.5, 0.6) is 0 Å². The smallest absolute Gasteiger partial charge is 0.323 e. The van der Waals surface area contributed by atoms with Crippen molar-refractivity contribution in [3.05, 3.63) is 47.6 Å². The van der Waals surface area contributed by atoms with Gasteiger partial charge < -0.3 is 10.0 Å². The Kier molecular flexibility index (Phi) is 4.16. The summed E-state index contributed by atoms with van der Waals surface area (Å²) in [5.41, 5.74) is 0. The minimum Gasteiger partial charge on any atom is -0.480 e. The molecule has 5 heteroatoms. The molecule has 0 bridgehead atoms. The summed E-state index contributed by atoms with van der Waals surface area (Å²) < 4.78 is 0.961. The molecule has 0 spiro atoms. The van der Waals surface area contributed by atoms with Crippen molar-refractivity contribution in [2.45, 2.75) is 0 Å². The number of carboxylic acid groups (broad SMARTS) is 1. The van der Waals surface area contributed by atoms with E-state index in [4.69, 9.17) is 5.11 Å². The highest BCUT2D eigenvalue weighted by atomic mass is 79.9. The lowest BCUT2D eigenvalue weighted by atomic mass is 10.1. The summed E-state index contributed by atoms with van der Waals surface area (Å²) in [4.78, 5) is 16.9. The maximum Gasteiger partial charge on any atom is 0.323 e. The van der Waals surface area contributed by atoms with Gasteiger partial charge in [-0.3, -0.25) is 4.79 Å². The standard InChI is InChI=1S/C14H13BrN2O2/c1-2-8-17(9-13(18)19)14-11-4-3-5-12(15)10(11)6-7-16-14/h2-7H,1,8-9H2,(H,18,19). The van der Waals surface area contributed by atoms with E-state index in [-0.39, 0.29) is 6.54 Å². The van der Waals surface area contributed by atoms with E-state index >= 15 is 0 Å². The van der Waals surface area contributed by atoms with Crippen LogP contribution in [0, 0.1) is 0 Å². The number of nitrogens with zero attached hydrogens (tertiary/aromatic N) is 2. The van der Waals surface area contributed by atoms with Gasteiger partial charge in [0.25, 0.3) is 0 Å². The fraction of sp³-hybridized carbons (Fsp3) is 0.143. The summed E-state index contributed by atoms with van der Waals surface area (Å²) in [5, 5.41) is 10.9. The average molecular weight is 321 g/mol. The molecule has 0 aliphatic rings. The molecule has 1 N–H and O–H groups in total. The van der Waals surface area contributed by atoms with E-state index in [9.17, 15) is 4.79 Å². The summed E-state index contributed by atoms with van der Waals surface area (Å²) in [5.74, 6) is -0.239. The number of hydrogen-bond acceptors (Lipinski definition) is 3. The quantitative estimate of drug-likeness (QED) is 0.860. The van der Waals surface area contributed by atoms with Crippen LogP contribution in [0.1, 0.15) is 0 Å². The molecular formula is C14H13BrN2O2. The van der Waals surface area contributed by atoms with Gasteiger partial charge in [0.2, 0.25) is 0 Å². The third kappa shape index (κ3) is 2.93. The van der Waals surface area contributed by atoms with Crippen molar-refractivity contribution in [3.8, 4) is 0 Å².